The number of thioether (sulfide) groups is 2. The van der Waals surface area contributed by atoms with E-state index in [0.717, 1.165) is 22.7 Å². The third kappa shape index (κ3) is 4.32. The summed E-state index contributed by atoms with van der Waals surface area (Å²) in [5.41, 5.74) is 2.37. The Morgan fingerprint density at radius 3 is 2.18 bits per heavy atom. The summed E-state index contributed by atoms with van der Waals surface area (Å²) in [6.45, 7) is 0. The number of ether oxygens (including phenoxy) is 1. The van der Waals surface area contributed by atoms with Crippen molar-refractivity contribution in [2.24, 2.45) is 5.10 Å². The molecule has 6 rings (SSSR count). The second-order valence-corrected chi connectivity index (χ2v) is 11.9. The Labute approximate surface area is 232 Å². The van der Waals surface area contributed by atoms with Crippen LogP contribution in [-0.4, -0.2) is 28.2 Å². The van der Waals surface area contributed by atoms with Crippen LogP contribution in [0.1, 0.15) is 15.2 Å². The highest BCUT2D eigenvalue weighted by Gasteiger charge is 2.60. The van der Waals surface area contributed by atoms with Crippen molar-refractivity contribution >= 4 is 69.0 Å². The Hall–Kier alpha value is -3.79. The van der Waals surface area contributed by atoms with E-state index in [2.05, 4.69) is 0 Å². The third-order valence-electron chi connectivity index (χ3n) is 6.00. The number of hydrogen-bond donors (Lipinski definition) is 0. The van der Waals surface area contributed by atoms with Crippen LogP contribution in [0.15, 0.2) is 112 Å². The Kier molecular flexibility index (Phi) is 6.57. The van der Waals surface area contributed by atoms with Gasteiger partial charge in [0, 0.05) is 5.69 Å². The minimum atomic E-state index is -1.07. The Balaban J connectivity index is 1.49. The topological polar surface area (TPSA) is 62.2 Å². The Bertz CT molecular complexity index is 1540. The number of carbonyl (C=O) groups excluding carboxylic acids is 2. The molecule has 1 spiro atoms. The van der Waals surface area contributed by atoms with Crippen LogP contribution in [-0.2, 0) is 4.79 Å². The highest BCUT2D eigenvalue weighted by Crippen LogP contribution is 2.59. The number of methoxy groups -OCH3 is 1. The molecule has 0 radical (unpaired) electrons. The predicted octanol–water partition coefficient (Wildman–Crippen LogP) is 6.94. The van der Waals surface area contributed by atoms with Crippen molar-refractivity contribution in [2.45, 2.75) is 4.33 Å². The van der Waals surface area contributed by atoms with Gasteiger partial charge in [0.2, 0.25) is 10.1 Å². The van der Waals surface area contributed by atoms with Crippen molar-refractivity contribution in [3.8, 4) is 5.75 Å². The van der Waals surface area contributed by atoms with Gasteiger partial charge in [-0.25, -0.2) is 5.01 Å². The zero-order chi connectivity index (χ0) is 26.1. The number of rotatable bonds is 6. The van der Waals surface area contributed by atoms with E-state index in [0.29, 0.717) is 14.8 Å². The average molecular weight is 556 g/mol. The number of carbonyl (C=O) groups is 2. The number of thiophene rings is 1. The SMILES string of the molecule is COc1ccc(/C=C2/S[C@@]3(SC(C(=O)c4cccs4)=NN3c3ccccc3)N(c3ccccc3)C2=O)cc1. The smallest absolute Gasteiger partial charge is 0.268 e. The number of amides is 1. The lowest BCUT2D eigenvalue weighted by molar-refractivity contribution is -0.114. The number of para-hydroxylation sites is 2. The molecule has 9 heteroatoms. The first kappa shape index (κ1) is 24.5. The number of nitrogens with zero attached hydrogens (tertiary/aromatic N) is 3. The van der Waals surface area contributed by atoms with Crippen LogP contribution in [0.5, 0.6) is 5.75 Å². The van der Waals surface area contributed by atoms with Crippen molar-refractivity contribution in [3.63, 3.8) is 0 Å². The molecule has 4 aromatic rings. The van der Waals surface area contributed by atoms with E-state index in [1.54, 1.807) is 23.1 Å². The molecule has 0 saturated carbocycles. The van der Waals surface area contributed by atoms with Crippen LogP contribution in [0.4, 0.5) is 11.4 Å². The maximum atomic E-state index is 14.1. The minimum absolute atomic E-state index is 0.156. The molecule has 188 valence electrons. The zero-order valence-corrected chi connectivity index (χ0v) is 22.6. The van der Waals surface area contributed by atoms with Crippen LogP contribution in [0, 0.1) is 0 Å². The van der Waals surface area contributed by atoms with Crippen LogP contribution in [0.25, 0.3) is 6.08 Å². The lowest BCUT2D eigenvalue weighted by Crippen LogP contribution is -2.51. The quantitative estimate of drug-likeness (QED) is 0.190. The fourth-order valence-electron chi connectivity index (χ4n) is 4.21. The van der Waals surface area contributed by atoms with E-state index < -0.39 is 4.33 Å². The van der Waals surface area contributed by atoms with Gasteiger partial charge in [-0.05, 0) is 71.2 Å². The van der Waals surface area contributed by atoms with Crippen LogP contribution in [0.2, 0.25) is 0 Å². The van der Waals surface area contributed by atoms with E-state index >= 15 is 0 Å². The molecular weight excluding hydrogens is 535 g/mol. The largest absolute Gasteiger partial charge is 0.497 e. The van der Waals surface area contributed by atoms with Gasteiger partial charge in [-0.3, -0.25) is 14.5 Å². The van der Waals surface area contributed by atoms with Crippen molar-refractivity contribution in [2.75, 3.05) is 17.0 Å². The monoisotopic (exact) mass is 555 g/mol. The molecule has 1 saturated heterocycles. The summed E-state index contributed by atoms with van der Waals surface area (Å²) in [6, 6.07) is 30.4. The number of anilines is 2. The maximum Gasteiger partial charge on any atom is 0.268 e. The molecule has 1 aromatic heterocycles. The number of hydrogen-bond acceptors (Lipinski definition) is 8. The van der Waals surface area contributed by atoms with Crippen LogP contribution < -0.4 is 14.6 Å². The number of ketones is 1. The molecule has 0 aliphatic carbocycles. The number of benzene rings is 3. The van der Waals surface area contributed by atoms with Crippen molar-refractivity contribution < 1.29 is 14.3 Å². The molecule has 1 amide bonds. The summed E-state index contributed by atoms with van der Waals surface area (Å²) >= 11 is 4.06. The molecule has 1 fully saturated rings. The molecular formula is C29H21N3O3S3. The number of hydrazone groups is 1. The fourth-order valence-corrected chi connectivity index (χ4v) is 7.88. The standard InChI is InChI=1S/C29H21N3O3S3/c1-35-23-16-14-20(15-17-23)19-25-28(34)31(21-9-4-2-5-10-21)29(37-25)32(22-11-6-3-7-12-22)30-27(38-29)26(33)24-13-8-18-36-24/h2-19H,1H3/b25-19+/t29-/m1/s1. The molecule has 2 aliphatic rings. The normalized spacial score (nSPS) is 19.9. The summed E-state index contributed by atoms with van der Waals surface area (Å²) in [4.78, 5) is 30.5. The lowest BCUT2D eigenvalue weighted by Gasteiger charge is -2.38. The molecule has 6 nitrogen and oxygen atoms in total. The third-order valence-corrected chi connectivity index (χ3v) is 9.58. The molecule has 3 heterocycles. The van der Waals surface area contributed by atoms with Gasteiger partial charge in [-0.1, -0.05) is 66.4 Å². The predicted molar refractivity (Wildman–Crippen MR) is 158 cm³/mol. The molecule has 2 aliphatic heterocycles. The lowest BCUT2D eigenvalue weighted by atomic mass is 10.2. The average Bonchev–Trinajstić information content (AvgIpc) is 3.69. The van der Waals surface area contributed by atoms with E-state index in [4.69, 9.17) is 9.84 Å². The Morgan fingerprint density at radius 2 is 1.55 bits per heavy atom. The van der Waals surface area contributed by atoms with Crippen molar-refractivity contribution in [1.29, 1.82) is 0 Å². The summed E-state index contributed by atoms with van der Waals surface area (Å²) in [7, 11) is 1.62. The summed E-state index contributed by atoms with van der Waals surface area (Å²) in [6.07, 6.45) is 1.87. The van der Waals surface area contributed by atoms with Crippen molar-refractivity contribution in [1.82, 2.24) is 0 Å². The fraction of sp³-hybridized carbons (Fsp3) is 0.0690. The van der Waals surface area contributed by atoms with E-state index in [1.807, 2.05) is 102 Å². The van der Waals surface area contributed by atoms with Crippen LogP contribution >= 0.6 is 34.9 Å². The summed E-state index contributed by atoms with van der Waals surface area (Å²) < 4.78 is 4.21. The first-order chi connectivity index (χ1) is 18.6. The molecule has 38 heavy (non-hydrogen) atoms. The number of Topliss-reactive ketones (excluding diaryl/α,β-unsaturated/α-hetero) is 1. The highest BCUT2D eigenvalue weighted by atomic mass is 32.2. The second-order valence-electron chi connectivity index (χ2n) is 8.37. The van der Waals surface area contributed by atoms with E-state index in [-0.39, 0.29) is 11.7 Å². The van der Waals surface area contributed by atoms with Crippen molar-refractivity contribution in [3.05, 3.63) is 118 Å². The maximum absolute atomic E-state index is 14.1. The van der Waals surface area contributed by atoms with Gasteiger partial charge < -0.3 is 4.74 Å². The molecule has 3 aromatic carbocycles. The van der Waals surface area contributed by atoms with Gasteiger partial charge in [0.1, 0.15) is 5.75 Å². The molecule has 1 atom stereocenters. The van der Waals surface area contributed by atoms with Gasteiger partial charge in [0.15, 0.2) is 5.04 Å². The minimum Gasteiger partial charge on any atom is -0.497 e. The van der Waals surface area contributed by atoms with Gasteiger partial charge in [-0.15, -0.1) is 11.3 Å². The highest BCUT2D eigenvalue weighted by molar-refractivity contribution is 8.29. The summed E-state index contributed by atoms with van der Waals surface area (Å²) in [5, 5.41) is 8.84. The first-order valence-corrected chi connectivity index (χ1v) is 14.3. The van der Waals surface area contributed by atoms with Crippen LogP contribution in [0.3, 0.4) is 0 Å². The van der Waals surface area contributed by atoms with Gasteiger partial charge in [-0.2, -0.15) is 5.10 Å². The first-order valence-electron chi connectivity index (χ1n) is 11.7. The van der Waals surface area contributed by atoms with E-state index in [9.17, 15) is 9.59 Å². The van der Waals surface area contributed by atoms with Gasteiger partial charge in [0.25, 0.3) is 5.91 Å². The van der Waals surface area contributed by atoms with Gasteiger partial charge >= 0.3 is 0 Å². The molecule has 0 unspecified atom stereocenters. The summed E-state index contributed by atoms with van der Waals surface area (Å²) in [5.74, 6) is 0.425. The Morgan fingerprint density at radius 1 is 0.868 bits per heavy atom. The molecule has 0 bridgehead atoms. The van der Waals surface area contributed by atoms with E-state index in [1.165, 1.54) is 34.9 Å². The second kappa shape index (κ2) is 10.2. The molecule has 0 N–H and O–H groups in total. The van der Waals surface area contributed by atoms with Gasteiger partial charge in [0.05, 0.1) is 22.6 Å². The zero-order valence-electron chi connectivity index (χ0n) is 20.2.